The Morgan fingerprint density at radius 2 is 2.21 bits per heavy atom. The standard InChI is InChI=1S/C16H18O3/c1-3-8-13-11-19-15(12-9-6-5-7-10-12)14(13)16(17)18-4-2/h3,5-7,9-10,15H,1,4,8,11H2,2H3. The van der Waals surface area contributed by atoms with Crippen molar-refractivity contribution in [2.45, 2.75) is 19.4 Å². The minimum absolute atomic E-state index is 0.286. The molecule has 0 fully saturated rings. The molecule has 1 aliphatic heterocycles. The van der Waals surface area contributed by atoms with Crippen LogP contribution in [0.15, 0.2) is 54.1 Å². The fraction of sp³-hybridized carbons (Fsp3) is 0.312. The number of benzene rings is 1. The van der Waals surface area contributed by atoms with Crippen LogP contribution in [0.1, 0.15) is 25.0 Å². The molecule has 1 aliphatic rings. The summed E-state index contributed by atoms with van der Waals surface area (Å²) in [5.74, 6) is -0.286. The highest BCUT2D eigenvalue weighted by atomic mass is 16.5. The Bertz CT molecular complexity index is 488. The maximum Gasteiger partial charge on any atom is 0.337 e. The van der Waals surface area contributed by atoms with Crippen LogP contribution in [-0.4, -0.2) is 19.2 Å². The van der Waals surface area contributed by atoms with Crippen molar-refractivity contribution >= 4 is 5.97 Å². The van der Waals surface area contributed by atoms with E-state index in [-0.39, 0.29) is 12.1 Å². The highest BCUT2D eigenvalue weighted by Crippen LogP contribution is 2.36. The Morgan fingerprint density at radius 3 is 2.84 bits per heavy atom. The van der Waals surface area contributed by atoms with Crippen molar-refractivity contribution in [3.8, 4) is 0 Å². The lowest BCUT2D eigenvalue weighted by Crippen LogP contribution is -2.14. The van der Waals surface area contributed by atoms with Gasteiger partial charge in [-0.2, -0.15) is 0 Å². The first-order valence-electron chi connectivity index (χ1n) is 6.44. The third-order valence-electron chi connectivity index (χ3n) is 3.06. The molecular formula is C16H18O3. The predicted octanol–water partition coefficient (Wildman–Crippen LogP) is 3.19. The van der Waals surface area contributed by atoms with Crippen LogP contribution >= 0.6 is 0 Å². The van der Waals surface area contributed by atoms with Crippen molar-refractivity contribution in [3.05, 3.63) is 59.7 Å². The molecule has 100 valence electrons. The van der Waals surface area contributed by atoms with Gasteiger partial charge in [-0.25, -0.2) is 4.79 Å². The zero-order valence-corrected chi connectivity index (χ0v) is 11.1. The molecular weight excluding hydrogens is 240 g/mol. The van der Waals surface area contributed by atoms with Crippen molar-refractivity contribution in [2.24, 2.45) is 0 Å². The molecule has 0 saturated carbocycles. The zero-order chi connectivity index (χ0) is 13.7. The molecule has 1 aromatic rings. The Hall–Kier alpha value is -1.87. The molecule has 3 heteroatoms. The van der Waals surface area contributed by atoms with E-state index >= 15 is 0 Å². The van der Waals surface area contributed by atoms with Crippen LogP contribution in [0.4, 0.5) is 0 Å². The van der Waals surface area contributed by atoms with Crippen molar-refractivity contribution in [1.29, 1.82) is 0 Å². The van der Waals surface area contributed by atoms with Crippen LogP contribution in [0.3, 0.4) is 0 Å². The molecule has 1 heterocycles. The molecule has 2 rings (SSSR count). The van der Waals surface area contributed by atoms with E-state index in [4.69, 9.17) is 9.47 Å². The second kappa shape index (κ2) is 6.34. The number of allylic oxidation sites excluding steroid dienone is 1. The van der Waals surface area contributed by atoms with Crippen molar-refractivity contribution in [1.82, 2.24) is 0 Å². The minimum Gasteiger partial charge on any atom is -0.463 e. The largest absolute Gasteiger partial charge is 0.463 e. The summed E-state index contributed by atoms with van der Waals surface area (Å²) in [6.07, 6.45) is 2.11. The van der Waals surface area contributed by atoms with Crippen LogP contribution in [0.2, 0.25) is 0 Å². The molecule has 1 aromatic carbocycles. The van der Waals surface area contributed by atoms with E-state index in [9.17, 15) is 4.79 Å². The summed E-state index contributed by atoms with van der Waals surface area (Å²) in [5.41, 5.74) is 2.57. The summed E-state index contributed by atoms with van der Waals surface area (Å²) >= 11 is 0. The van der Waals surface area contributed by atoms with Gasteiger partial charge in [0.15, 0.2) is 0 Å². The molecule has 19 heavy (non-hydrogen) atoms. The number of rotatable bonds is 5. The van der Waals surface area contributed by atoms with Gasteiger partial charge in [-0.1, -0.05) is 36.4 Å². The number of carbonyl (C=O) groups excluding carboxylic acids is 1. The van der Waals surface area contributed by atoms with Crippen LogP contribution in [0.5, 0.6) is 0 Å². The average Bonchev–Trinajstić information content (AvgIpc) is 2.84. The summed E-state index contributed by atoms with van der Waals surface area (Å²) in [6.45, 7) is 6.35. The monoisotopic (exact) mass is 258 g/mol. The van der Waals surface area contributed by atoms with Gasteiger partial charge < -0.3 is 9.47 Å². The second-order valence-corrected chi connectivity index (χ2v) is 4.33. The first-order valence-corrected chi connectivity index (χ1v) is 6.44. The maximum atomic E-state index is 12.1. The number of hydrogen-bond donors (Lipinski definition) is 0. The fourth-order valence-corrected chi connectivity index (χ4v) is 2.22. The van der Waals surface area contributed by atoms with Gasteiger partial charge in [0, 0.05) is 0 Å². The number of esters is 1. The maximum absolute atomic E-state index is 12.1. The van der Waals surface area contributed by atoms with E-state index in [0.29, 0.717) is 25.2 Å². The topological polar surface area (TPSA) is 35.5 Å². The summed E-state index contributed by atoms with van der Waals surface area (Å²) in [7, 11) is 0. The van der Waals surface area contributed by atoms with Gasteiger partial charge >= 0.3 is 5.97 Å². The first kappa shape index (κ1) is 13.6. The molecule has 0 spiro atoms. The third-order valence-corrected chi connectivity index (χ3v) is 3.06. The quantitative estimate of drug-likeness (QED) is 0.601. The van der Waals surface area contributed by atoms with Crippen molar-refractivity contribution < 1.29 is 14.3 Å². The fourth-order valence-electron chi connectivity index (χ4n) is 2.22. The summed E-state index contributed by atoms with van der Waals surface area (Å²) in [5, 5.41) is 0. The minimum atomic E-state index is -0.324. The molecule has 0 N–H and O–H groups in total. The highest BCUT2D eigenvalue weighted by molar-refractivity contribution is 5.91. The summed E-state index contributed by atoms with van der Waals surface area (Å²) in [6, 6.07) is 9.73. The van der Waals surface area contributed by atoms with Gasteiger partial charge in [0.2, 0.25) is 0 Å². The average molecular weight is 258 g/mol. The SMILES string of the molecule is C=CCC1=C(C(=O)OCC)C(c2ccccc2)OC1. The highest BCUT2D eigenvalue weighted by Gasteiger charge is 2.32. The lowest BCUT2D eigenvalue weighted by atomic mass is 9.98. The second-order valence-electron chi connectivity index (χ2n) is 4.33. The van der Waals surface area contributed by atoms with E-state index in [2.05, 4.69) is 6.58 Å². The predicted molar refractivity (Wildman–Crippen MR) is 73.6 cm³/mol. The smallest absolute Gasteiger partial charge is 0.337 e. The number of hydrogen-bond acceptors (Lipinski definition) is 3. The first-order chi connectivity index (χ1) is 9.27. The van der Waals surface area contributed by atoms with Gasteiger partial charge in [0.1, 0.15) is 6.10 Å². The van der Waals surface area contributed by atoms with Crippen LogP contribution in [0, 0.1) is 0 Å². The number of carbonyl (C=O) groups is 1. The Kier molecular flexibility index (Phi) is 4.53. The number of ether oxygens (including phenoxy) is 2. The van der Waals surface area contributed by atoms with Gasteiger partial charge in [-0.05, 0) is 24.5 Å². The third kappa shape index (κ3) is 2.93. The molecule has 1 atom stereocenters. The Labute approximate surface area is 113 Å². The molecule has 1 unspecified atom stereocenters. The summed E-state index contributed by atoms with van der Waals surface area (Å²) < 4.78 is 10.9. The molecule has 0 aliphatic carbocycles. The molecule has 3 nitrogen and oxygen atoms in total. The normalized spacial score (nSPS) is 18.5. The van der Waals surface area contributed by atoms with E-state index in [1.54, 1.807) is 13.0 Å². The summed E-state index contributed by atoms with van der Waals surface area (Å²) in [4.78, 5) is 12.1. The van der Waals surface area contributed by atoms with E-state index in [1.807, 2.05) is 30.3 Å². The van der Waals surface area contributed by atoms with Gasteiger partial charge in [-0.3, -0.25) is 0 Å². The Balaban J connectivity index is 2.34. The van der Waals surface area contributed by atoms with E-state index < -0.39 is 0 Å². The van der Waals surface area contributed by atoms with Crippen LogP contribution in [-0.2, 0) is 14.3 Å². The molecule has 0 aromatic heterocycles. The van der Waals surface area contributed by atoms with Crippen LogP contribution < -0.4 is 0 Å². The molecule has 0 bridgehead atoms. The zero-order valence-electron chi connectivity index (χ0n) is 11.1. The molecule has 0 amide bonds. The van der Waals surface area contributed by atoms with Crippen molar-refractivity contribution in [3.63, 3.8) is 0 Å². The van der Waals surface area contributed by atoms with Gasteiger partial charge in [-0.15, -0.1) is 6.58 Å². The lowest BCUT2D eigenvalue weighted by molar-refractivity contribution is -0.139. The molecule has 0 radical (unpaired) electrons. The van der Waals surface area contributed by atoms with Crippen molar-refractivity contribution in [2.75, 3.05) is 13.2 Å². The van der Waals surface area contributed by atoms with Gasteiger partial charge in [0.25, 0.3) is 0 Å². The van der Waals surface area contributed by atoms with Gasteiger partial charge in [0.05, 0.1) is 18.8 Å². The molecule has 0 saturated heterocycles. The van der Waals surface area contributed by atoms with Crippen LogP contribution in [0.25, 0.3) is 0 Å². The Morgan fingerprint density at radius 1 is 1.47 bits per heavy atom. The lowest BCUT2D eigenvalue weighted by Gasteiger charge is -2.14. The van der Waals surface area contributed by atoms with E-state index in [1.165, 1.54) is 0 Å². The van der Waals surface area contributed by atoms with E-state index in [0.717, 1.165) is 11.1 Å².